The Hall–Kier alpha value is -7.80. The summed E-state index contributed by atoms with van der Waals surface area (Å²) in [4.78, 5) is 95.5. The van der Waals surface area contributed by atoms with Crippen molar-refractivity contribution in [2.75, 3.05) is 13.7 Å². The molecule has 0 saturated carbocycles. The molecule has 5 aromatic heterocycles. The van der Waals surface area contributed by atoms with Crippen molar-refractivity contribution in [1.82, 2.24) is 35.2 Å². The predicted molar refractivity (Wildman–Crippen MR) is 249 cm³/mol. The van der Waals surface area contributed by atoms with E-state index in [-0.39, 0.29) is 73.8 Å². The molecule has 17 nitrogen and oxygen atoms in total. The van der Waals surface area contributed by atoms with Crippen molar-refractivity contribution < 1.29 is 33.8 Å². The maximum Gasteiger partial charge on any atom is 0.255 e. The standard InChI is InChI=1S/C14H11N3O.C12H9NO2.C7H7NO2.C6H5NO2.C2H2O2.C2H6O.2CH4.BrH.H3N/c18-13-7-6-11(14-15-8-9-16-14)10-17(13)12-4-2-1-3-5-12;14-9-10-6-7-12(15)13(8-10)11-4-2-1-3-5-11;1-10-7-3-2-6(5-9)4-8-7;8-4-5-1-2-6(9)7-3-5;3-1-2-4;1-2-3;;;;/h1-10H,(H,15,16);1-9H;2-5H,1H3;1-4H,(H,7,9);1-2H;3H,2H2,1H3;2*1H4;1H;1H3. The van der Waals surface area contributed by atoms with Crippen molar-refractivity contribution >= 4 is 48.4 Å². The number of hydrogen-bond acceptors (Lipinski definition) is 13. The van der Waals surface area contributed by atoms with E-state index in [2.05, 4.69) is 19.9 Å². The van der Waals surface area contributed by atoms with Crippen LogP contribution in [0.25, 0.3) is 22.8 Å². The van der Waals surface area contributed by atoms with E-state index in [9.17, 15) is 28.8 Å². The van der Waals surface area contributed by atoms with E-state index in [0.29, 0.717) is 28.9 Å². The molecule has 0 bridgehead atoms. The normalized spacial score (nSPS) is 8.62. The zero-order valence-electron chi connectivity index (χ0n) is 33.0. The molecular formula is C45H52BrN7O10. The third-order valence-electron chi connectivity index (χ3n) is 6.93. The number of aldehydes is 5. The van der Waals surface area contributed by atoms with Crippen molar-refractivity contribution in [3.8, 4) is 28.6 Å². The molecule has 18 heteroatoms. The fourth-order valence-corrected chi connectivity index (χ4v) is 4.28. The van der Waals surface area contributed by atoms with Gasteiger partial charge in [0.2, 0.25) is 11.4 Å². The molecule has 6 N–H and O–H groups in total. The summed E-state index contributed by atoms with van der Waals surface area (Å²) >= 11 is 0. The summed E-state index contributed by atoms with van der Waals surface area (Å²) in [6.07, 6.45) is 12.1. The lowest BCUT2D eigenvalue weighted by Gasteiger charge is -2.06. The summed E-state index contributed by atoms with van der Waals surface area (Å²) in [6.45, 7) is 1.93. The number of ether oxygens (including phenoxy) is 1. The number of benzene rings is 2. The van der Waals surface area contributed by atoms with Gasteiger partial charge in [-0.2, -0.15) is 0 Å². The van der Waals surface area contributed by atoms with Crippen molar-refractivity contribution in [2.24, 2.45) is 0 Å². The molecule has 0 radical (unpaired) electrons. The number of carbonyl (C=O) groups excluding carboxylic acids is 5. The van der Waals surface area contributed by atoms with Crippen LogP contribution in [-0.4, -0.2) is 79.3 Å². The lowest BCUT2D eigenvalue weighted by atomic mass is 10.2. The average molecular weight is 931 g/mol. The number of pyridine rings is 4. The Kier molecular flexibility index (Phi) is 33.1. The highest BCUT2D eigenvalue weighted by Crippen LogP contribution is 2.14. The number of nitrogens with zero attached hydrogens (tertiary/aromatic N) is 4. The number of methoxy groups -OCH3 is 1. The minimum atomic E-state index is -0.194. The third-order valence-corrected chi connectivity index (χ3v) is 6.93. The zero-order chi connectivity index (χ0) is 43.3. The summed E-state index contributed by atoms with van der Waals surface area (Å²) in [5.41, 5.74) is 3.60. The van der Waals surface area contributed by atoms with Crippen molar-refractivity contribution in [3.63, 3.8) is 0 Å². The second kappa shape index (κ2) is 35.0. The van der Waals surface area contributed by atoms with Crippen LogP contribution in [0.3, 0.4) is 0 Å². The second-order valence-corrected chi connectivity index (χ2v) is 11.0. The van der Waals surface area contributed by atoms with Crippen molar-refractivity contribution in [3.05, 3.63) is 194 Å². The number of aliphatic hydroxyl groups excluding tert-OH is 1. The number of aromatic nitrogens is 6. The first-order chi connectivity index (χ1) is 28.7. The molecule has 7 aromatic rings. The van der Waals surface area contributed by atoms with Crippen molar-refractivity contribution in [1.29, 1.82) is 0 Å². The van der Waals surface area contributed by atoms with Gasteiger partial charge in [-0.25, -0.2) is 9.97 Å². The summed E-state index contributed by atoms with van der Waals surface area (Å²) in [5, 5.41) is 7.57. The summed E-state index contributed by atoms with van der Waals surface area (Å²) in [5.74, 6) is 1.27. The fraction of sp³-hybridized carbons (Fsp3) is 0.111. The molecule has 0 spiro atoms. The molecule has 0 amide bonds. The molecule has 0 atom stereocenters. The van der Waals surface area contributed by atoms with E-state index in [0.717, 1.165) is 35.3 Å². The smallest absolute Gasteiger partial charge is 0.255 e. The Balaban J connectivity index is -0.000000730. The van der Waals surface area contributed by atoms with E-state index in [1.165, 1.54) is 54.5 Å². The largest absolute Gasteiger partial charge is 0.481 e. The Morgan fingerprint density at radius 1 is 0.635 bits per heavy atom. The van der Waals surface area contributed by atoms with Gasteiger partial charge in [0.15, 0.2) is 31.4 Å². The van der Waals surface area contributed by atoms with E-state index in [1.54, 1.807) is 54.3 Å². The lowest BCUT2D eigenvalue weighted by molar-refractivity contribution is -0.122. The van der Waals surface area contributed by atoms with Gasteiger partial charge in [0, 0.05) is 102 Å². The Bertz CT molecular complexity index is 2470. The number of aliphatic hydroxyl groups is 1. The maximum absolute atomic E-state index is 11.9. The number of imidazole rings is 1. The highest BCUT2D eigenvalue weighted by Gasteiger charge is 2.04. The van der Waals surface area contributed by atoms with Crippen LogP contribution in [0.1, 0.15) is 52.9 Å². The first-order valence-corrected chi connectivity index (χ1v) is 17.3. The summed E-state index contributed by atoms with van der Waals surface area (Å²) in [6, 6.07) is 31.0. The molecule has 2 aromatic carbocycles. The number of hydrogen-bond donors (Lipinski definition) is 4. The van der Waals surface area contributed by atoms with Gasteiger partial charge in [-0.3, -0.25) is 47.5 Å². The SMILES string of the molecule is Br.C.C.CCO.COc1ccc(C=O)cn1.N.O=CC=O.O=Cc1ccc(=O)[nH]c1.O=Cc1ccc(=O)n(-c2ccccc2)c1.O=c1ccc(-c2ncc[nH]2)cn1-c1ccccc1. The first kappa shape index (κ1) is 59.5. The van der Waals surface area contributed by atoms with E-state index in [1.807, 2.05) is 60.7 Å². The molecule has 0 unspecified atom stereocenters. The van der Waals surface area contributed by atoms with Gasteiger partial charge in [0.05, 0.1) is 7.11 Å². The summed E-state index contributed by atoms with van der Waals surface area (Å²) < 4.78 is 7.84. The average Bonchev–Trinajstić information content (AvgIpc) is 3.84. The molecule has 0 fully saturated rings. The highest BCUT2D eigenvalue weighted by molar-refractivity contribution is 8.93. The molecule has 5 heterocycles. The molecule has 7 rings (SSSR count). The highest BCUT2D eigenvalue weighted by atomic mass is 79.9. The third kappa shape index (κ3) is 21.9. The molecule has 0 aliphatic rings. The number of rotatable bonds is 8. The number of carbonyl (C=O) groups is 5. The maximum atomic E-state index is 11.9. The van der Waals surface area contributed by atoms with Crippen LogP contribution in [0.15, 0.2) is 161 Å². The molecule has 334 valence electrons. The Labute approximate surface area is 374 Å². The quantitative estimate of drug-likeness (QED) is 0.0955. The second-order valence-electron chi connectivity index (χ2n) is 11.0. The topological polar surface area (TPSA) is 268 Å². The van der Waals surface area contributed by atoms with Gasteiger partial charge < -0.3 is 26.0 Å². The number of H-pyrrole nitrogens is 2. The Morgan fingerprint density at radius 2 is 1.13 bits per heavy atom. The van der Waals surface area contributed by atoms with Crippen LogP contribution in [0, 0.1) is 0 Å². The van der Waals surface area contributed by atoms with E-state index in [4.69, 9.17) is 19.4 Å². The number of halogens is 1. The van der Waals surface area contributed by atoms with Crippen LogP contribution < -0.4 is 27.6 Å². The van der Waals surface area contributed by atoms with Gasteiger partial charge in [0.1, 0.15) is 5.82 Å². The van der Waals surface area contributed by atoms with Gasteiger partial charge in [-0.1, -0.05) is 51.3 Å². The number of para-hydroxylation sites is 2. The lowest BCUT2D eigenvalue weighted by Crippen LogP contribution is -2.16. The van der Waals surface area contributed by atoms with Crippen LogP contribution >= 0.6 is 17.0 Å². The predicted octanol–water partition coefficient (Wildman–Crippen LogP) is 6.36. The van der Waals surface area contributed by atoms with Crippen LogP contribution in [0.2, 0.25) is 0 Å². The van der Waals surface area contributed by atoms with Crippen LogP contribution in [-0.2, 0) is 9.59 Å². The van der Waals surface area contributed by atoms with Gasteiger partial charge in [0.25, 0.3) is 11.1 Å². The first-order valence-electron chi connectivity index (χ1n) is 17.3. The van der Waals surface area contributed by atoms with Gasteiger partial charge >= 0.3 is 0 Å². The van der Waals surface area contributed by atoms with Crippen LogP contribution in [0.4, 0.5) is 0 Å². The molecule has 0 aliphatic heterocycles. The van der Waals surface area contributed by atoms with Crippen molar-refractivity contribution in [2.45, 2.75) is 21.8 Å². The van der Waals surface area contributed by atoms with Gasteiger partial charge in [-0.15, -0.1) is 17.0 Å². The number of nitrogens with one attached hydrogen (secondary N) is 2. The zero-order valence-corrected chi connectivity index (χ0v) is 34.7. The molecule has 0 aliphatic carbocycles. The van der Waals surface area contributed by atoms with Crippen LogP contribution in [0.5, 0.6) is 5.88 Å². The Morgan fingerprint density at radius 3 is 1.54 bits per heavy atom. The minimum absolute atomic E-state index is 0. The minimum Gasteiger partial charge on any atom is -0.481 e. The number of aromatic amines is 2. The van der Waals surface area contributed by atoms with E-state index < -0.39 is 0 Å². The molecule has 63 heavy (non-hydrogen) atoms. The summed E-state index contributed by atoms with van der Waals surface area (Å²) in [7, 11) is 1.53. The monoisotopic (exact) mass is 929 g/mol. The molecule has 0 saturated heterocycles. The molecular weight excluding hydrogens is 878 g/mol. The fourth-order valence-electron chi connectivity index (χ4n) is 4.28. The van der Waals surface area contributed by atoms with Gasteiger partial charge in [-0.05, 0) is 55.5 Å². The van der Waals surface area contributed by atoms with E-state index >= 15 is 0 Å².